The van der Waals surface area contributed by atoms with Gasteiger partial charge in [0, 0.05) is 12.1 Å². The van der Waals surface area contributed by atoms with Gasteiger partial charge in [-0.2, -0.15) is 0 Å². The van der Waals surface area contributed by atoms with Gasteiger partial charge in [0.05, 0.1) is 13.1 Å². The van der Waals surface area contributed by atoms with Crippen LogP contribution in [0.2, 0.25) is 0 Å². The Morgan fingerprint density at radius 1 is 1.35 bits per heavy atom. The molecule has 0 aromatic heterocycles. The van der Waals surface area contributed by atoms with Crippen molar-refractivity contribution in [3.05, 3.63) is 0 Å². The van der Waals surface area contributed by atoms with Crippen LogP contribution in [-0.2, 0) is 9.53 Å². The highest BCUT2D eigenvalue weighted by molar-refractivity contribution is 5.77. The van der Waals surface area contributed by atoms with Gasteiger partial charge in [-0.05, 0) is 33.1 Å². The summed E-state index contributed by atoms with van der Waals surface area (Å²) in [6, 6.07) is 0.696. The van der Waals surface area contributed by atoms with Crippen molar-refractivity contribution in [2.75, 3.05) is 19.7 Å². The zero-order chi connectivity index (χ0) is 14.9. The van der Waals surface area contributed by atoms with Crippen LogP contribution in [0.15, 0.2) is 0 Å². The number of amides is 2. The topological polar surface area (TPSA) is 70.1 Å². The number of aliphatic carboxylic acids is 1. The first-order valence-corrected chi connectivity index (χ1v) is 7.29. The summed E-state index contributed by atoms with van der Waals surface area (Å²) in [6.07, 6.45) is 3.12. The van der Waals surface area contributed by atoms with Crippen LogP contribution >= 0.6 is 0 Å². The van der Waals surface area contributed by atoms with Gasteiger partial charge in [0.1, 0.15) is 12.2 Å². The van der Waals surface area contributed by atoms with Crippen molar-refractivity contribution in [2.24, 2.45) is 0 Å². The lowest BCUT2D eigenvalue weighted by Gasteiger charge is -2.49. The maximum absolute atomic E-state index is 12.5. The van der Waals surface area contributed by atoms with Crippen molar-refractivity contribution in [3.63, 3.8) is 0 Å². The van der Waals surface area contributed by atoms with Gasteiger partial charge in [0.15, 0.2) is 0 Å². The summed E-state index contributed by atoms with van der Waals surface area (Å²) in [5.41, 5.74) is -0.515. The molecule has 0 saturated carbocycles. The van der Waals surface area contributed by atoms with E-state index in [-0.39, 0.29) is 12.6 Å². The van der Waals surface area contributed by atoms with Gasteiger partial charge >= 0.3 is 12.0 Å². The van der Waals surface area contributed by atoms with Crippen molar-refractivity contribution >= 4 is 12.0 Å². The van der Waals surface area contributed by atoms with E-state index in [9.17, 15) is 9.59 Å². The first kappa shape index (κ1) is 15.1. The van der Waals surface area contributed by atoms with E-state index >= 15 is 0 Å². The van der Waals surface area contributed by atoms with E-state index < -0.39 is 11.6 Å². The molecule has 0 aromatic rings. The average molecular weight is 284 g/mol. The first-order chi connectivity index (χ1) is 9.36. The van der Waals surface area contributed by atoms with Crippen molar-refractivity contribution in [1.82, 2.24) is 9.80 Å². The second-order valence-electron chi connectivity index (χ2n) is 6.17. The summed E-state index contributed by atoms with van der Waals surface area (Å²) < 4.78 is 5.34. The number of carbonyl (C=O) groups excluding carboxylic acids is 1. The molecule has 114 valence electrons. The minimum Gasteiger partial charge on any atom is -0.480 e. The number of likely N-dealkylation sites (tertiary alicyclic amines) is 2. The van der Waals surface area contributed by atoms with E-state index in [0.717, 1.165) is 19.3 Å². The summed E-state index contributed by atoms with van der Waals surface area (Å²) in [6.45, 7) is 6.69. The number of carboxylic acid groups (broad SMARTS) is 1. The summed E-state index contributed by atoms with van der Waals surface area (Å²) in [5.74, 6) is -0.977. The molecule has 2 atom stereocenters. The highest BCUT2D eigenvalue weighted by atomic mass is 16.5. The van der Waals surface area contributed by atoms with Crippen LogP contribution in [0.3, 0.4) is 0 Å². The second kappa shape index (κ2) is 5.60. The molecule has 0 bridgehead atoms. The Morgan fingerprint density at radius 2 is 2.00 bits per heavy atom. The van der Waals surface area contributed by atoms with E-state index in [1.165, 1.54) is 0 Å². The molecule has 20 heavy (non-hydrogen) atoms. The van der Waals surface area contributed by atoms with E-state index in [2.05, 4.69) is 13.8 Å². The van der Waals surface area contributed by atoms with Gasteiger partial charge in [-0.1, -0.05) is 6.92 Å². The third-order valence-electron chi connectivity index (χ3n) is 4.34. The number of rotatable bonds is 4. The Labute approximate surface area is 119 Å². The SMILES string of the molecule is CCC1CCC(C)N1C(=O)N1CC(C)(OCC(=O)O)C1. The summed E-state index contributed by atoms with van der Waals surface area (Å²) in [4.78, 5) is 26.8. The minimum absolute atomic E-state index is 0.0678. The summed E-state index contributed by atoms with van der Waals surface area (Å²) in [5, 5.41) is 8.63. The second-order valence-corrected chi connectivity index (χ2v) is 6.17. The van der Waals surface area contributed by atoms with Crippen LogP contribution in [0, 0.1) is 0 Å². The molecule has 0 spiro atoms. The molecule has 6 nitrogen and oxygen atoms in total. The molecular formula is C14H24N2O4. The predicted molar refractivity (Wildman–Crippen MR) is 73.6 cm³/mol. The average Bonchev–Trinajstić information content (AvgIpc) is 2.73. The molecule has 2 saturated heterocycles. The quantitative estimate of drug-likeness (QED) is 0.850. The fourth-order valence-corrected chi connectivity index (χ4v) is 3.20. The Kier molecular flexibility index (Phi) is 4.22. The molecule has 6 heteroatoms. The smallest absolute Gasteiger partial charge is 0.329 e. The van der Waals surface area contributed by atoms with Crippen molar-refractivity contribution < 1.29 is 19.4 Å². The molecule has 1 N–H and O–H groups in total. The predicted octanol–water partition coefficient (Wildman–Crippen LogP) is 1.54. The molecule has 2 unspecified atom stereocenters. The third kappa shape index (κ3) is 2.90. The van der Waals surface area contributed by atoms with Gasteiger partial charge < -0.3 is 19.6 Å². The zero-order valence-corrected chi connectivity index (χ0v) is 12.5. The van der Waals surface area contributed by atoms with E-state index in [1.54, 1.807) is 4.90 Å². The Bertz CT molecular complexity index is 393. The standard InChI is InChI=1S/C14H24N2O4/c1-4-11-6-5-10(2)16(11)13(19)15-8-14(3,9-15)20-7-12(17)18/h10-11H,4-9H2,1-3H3,(H,17,18). The Balaban J connectivity index is 1.88. The molecule has 2 heterocycles. The van der Waals surface area contributed by atoms with E-state index in [0.29, 0.717) is 25.2 Å². The van der Waals surface area contributed by atoms with Crippen LogP contribution in [0.1, 0.15) is 40.0 Å². The van der Waals surface area contributed by atoms with Gasteiger partial charge in [-0.25, -0.2) is 9.59 Å². The van der Waals surface area contributed by atoms with Crippen LogP contribution < -0.4 is 0 Å². The van der Waals surface area contributed by atoms with Gasteiger partial charge in [0.2, 0.25) is 0 Å². The van der Waals surface area contributed by atoms with Crippen LogP contribution in [0.5, 0.6) is 0 Å². The molecule has 0 aromatic carbocycles. The number of urea groups is 1. The number of carbonyl (C=O) groups is 2. The van der Waals surface area contributed by atoms with Gasteiger partial charge in [-0.15, -0.1) is 0 Å². The van der Waals surface area contributed by atoms with Crippen LogP contribution in [0.4, 0.5) is 4.79 Å². The number of carboxylic acids is 1. The third-order valence-corrected chi connectivity index (χ3v) is 4.34. The lowest BCUT2D eigenvalue weighted by Crippen LogP contribution is -2.66. The minimum atomic E-state index is -0.977. The van der Waals surface area contributed by atoms with Gasteiger partial charge in [-0.3, -0.25) is 0 Å². The maximum Gasteiger partial charge on any atom is 0.329 e. The molecular weight excluding hydrogens is 260 g/mol. The molecule has 2 amide bonds. The lowest BCUT2D eigenvalue weighted by atomic mass is 9.97. The monoisotopic (exact) mass is 284 g/mol. The largest absolute Gasteiger partial charge is 0.480 e. The molecule has 2 fully saturated rings. The number of nitrogens with zero attached hydrogens (tertiary/aromatic N) is 2. The van der Waals surface area contributed by atoms with Crippen molar-refractivity contribution in [1.29, 1.82) is 0 Å². The normalized spacial score (nSPS) is 28.4. The molecule has 2 rings (SSSR count). The lowest BCUT2D eigenvalue weighted by molar-refractivity contribution is -0.160. The Hall–Kier alpha value is -1.30. The van der Waals surface area contributed by atoms with E-state index in [1.807, 2.05) is 11.8 Å². The highest BCUT2D eigenvalue weighted by Gasteiger charge is 2.46. The Morgan fingerprint density at radius 3 is 2.55 bits per heavy atom. The van der Waals surface area contributed by atoms with Crippen molar-refractivity contribution in [3.8, 4) is 0 Å². The maximum atomic E-state index is 12.5. The number of ether oxygens (including phenoxy) is 1. The molecule has 2 aliphatic heterocycles. The zero-order valence-electron chi connectivity index (χ0n) is 12.5. The summed E-state index contributed by atoms with van der Waals surface area (Å²) >= 11 is 0. The first-order valence-electron chi connectivity index (χ1n) is 7.29. The molecule has 2 aliphatic rings. The number of hydrogen-bond donors (Lipinski definition) is 1. The fourth-order valence-electron chi connectivity index (χ4n) is 3.20. The van der Waals surface area contributed by atoms with Gasteiger partial charge in [0.25, 0.3) is 0 Å². The van der Waals surface area contributed by atoms with E-state index in [4.69, 9.17) is 9.84 Å². The van der Waals surface area contributed by atoms with Crippen molar-refractivity contribution in [2.45, 2.75) is 57.7 Å². The summed E-state index contributed by atoms with van der Waals surface area (Å²) in [7, 11) is 0. The van der Waals surface area contributed by atoms with Crippen LogP contribution in [0.25, 0.3) is 0 Å². The highest BCUT2D eigenvalue weighted by Crippen LogP contribution is 2.31. The number of hydrogen-bond acceptors (Lipinski definition) is 3. The molecule has 0 radical (unpaired) electrons. The van der Waals surface area contributed by atoms with Crippen LogP contribution in [-0.4, -0.2) is 64.3 Å². The fraction of sp³-hybridized carbons (Fsp3) is 0.857. The molecule has 0 aliphatic carbocycles.